The Balaban J connectivity index is 2.17. The number of ether oxygens (including phenoxy) is 1. The fourth-order valence-electron chi connectivity index (χ4n) is 1.84. The molecule has 0 atom stereocenters. The molecule has 6 heteroatoms. The Bertz CT molecular complexity index is 679. The maximum absolute atomic E-state index is 13.4. The van der Waals surface area contributed by atoms with Crippen LogP contribution in [0.4, 0.5) is 4.39 Å². The summed E-state index contributed by atoms with van der Waals surface area (Å²) in [5.41, 5.74) is 0.892. The summed E-state index contributed by atoms with van der Waals surface area (Å²) in [6.45, 7) is 0.185. The molecule has 0 radical (unpaired) electrons. The first-order valence-electron chi connectivity index (χ1n) is 6.08. The van der Waals surface area contributed by atoms with Gasteiger partial charge in [-0.05, 0) is 40.2 Å². The van der Waals surface area contributed by atoms with Crippen LogP contribution < -0.4 is 10.1 Å². The zero-order chi connectivity index (χ0) is 15.4. The highest BCUT2D eigenvalue weighted by molar-refractivity contribution is 9.10. The highest BCUT2D eigenvalue weighted by atomic mass is 79.9. The Morgan fingerprint density at radius 3 is 2.76 bits per heavy atom. The van der Waals surface area contributed by atoms with Crippen molar-refractivity contribution in [2.45, 2.75) is 6.54 Å². The Kier molecular flexibility index (Phi) is 5.20. The van der Waals surface area contributed by atoms with E-state index in [1.807, 2.05) is 0 Å². The molecule has 0 aliphatic rings. The zero-order valence-corrected chi connectivity index (χ0v) is 13.5. The van der Waals surface area contributed by atoms with E-state index < -0.39 is 11.7 Å². The van der Waals surface area contributed by atoms with Gasteiger partial charge >= 0.3 is 0 Å². The smallest absolute Gasteiger partial charge is 0.252 e. The molecule has 0 spiro atoms. The average Bonchev–Trinajstić information content (AvgIpc) is 2.48. The van der Waals surface area contributed by atoms with E-state index in [9.17, 15) is 9.18 Å². The summed E-state index contributed by atoms with van der Waals surface area (Å²) in [6.07, 6.45) is 0. The summed E-state index contributed by atoms with van der Waals surface area (Å²) >= 11 is 9.16. The van der Waals surface area contributed by atoms with Crippen molar-refractivity contribution in [2.75, 3.05) is 7.11 Å². The van der Waals surface area contributed by atoms with Gasteiger partial charge in [0.1, 0.15) is 11.6 Å². The predicted molar refractivity (Wildman–Crippen MR) is 83.3 cm³/mol. The van der Waals surface area contributed by atoms with Crippen molar-refractivity contribution in [2.24, 2.45) is 0 Å². The normalized spacial score (nSPS) is 10.3. The lowest BCUT2D eigenvalue weighted by Crippen LogP contribution is -2.23. The quantitative estimate of drug-likeness (QED) is 0.874. The topological polar surface area (TPSA) is 38.3 Å². The molecule has 0 fully saturated rings. The molecule has 1 amide bonds. The fraction of sp³-hybridized carbons (Fsp3) is 0.133. The summed E-state index contributed by atoms with van der Waals surface area (Å²) in [5.74, 6) is -0.303. The molecule has 110 valence electrons. The van der Waals surface area contributed by atoms with E-state index in [4.69, 9.17) is 16.3 Å². The maximum Gasteiger partial charge on any atom is 0.252 e. The summed E-state index contributed by atoms with van der Waals surface area (Å²) < 4.78 is 18.8. The van der Waals surface area contributed by atoms with E-state index in [0.29, 0.717) is 16.3 Å². The van der Waals surface area contributed by atoms with Gasteiger partial charge in [-0.3, -0.25) is 4.79 Å². The third-order valence-corrected chi connectivity index (χ3v) is 4.08. The highest BCUT2D eigenvalue weighted by Crippen LogP contribution is 2.26. The number of rotatable bonds is 4. The van der Waals surface area contributed by atoms with Gasteiger partial charge in [-0.25, -0.2) is 4.39 Å². The monoisotopic (exact) mass is 371 g/mol. The number of benzene rings is 2. The second-order valence-electron chi connectivity index (χ2n) is 4.20. The van der Waals surface area contributed by atoms with Crippen LogP contribution in [-0.2, 0) is 6.54 Å². The zero-order valence-electron chi connectivity index (χ0n) is 11.1. The molecule has 0 heterocycles. The van der Waals surface area contributed by atoms with Gasteiger partial charge in [-0.1, -0.05) is 23.7 Å². The predicted octanol–water partition coefficient (Wildman–Crippen LogP) is 4.18. The second-order valence-corrected chi connectivity index (χ2v) is 5.40. The molecule has 0 aromatic heterocycles. The van der Waals surface area contributed by atoms with Crippen LogP contribution in [0.25, 0.3) is 0 Å². The second kappa shape index (κ2) is 6.91. The molecule has 2 aromatic carbocycles. The van der Waals surface area contributed by atoms with Crippen LogP contribution in [0.3, 0.4) is 0 Å². The van der Waals surface area contributed by atoms with E-state index in [2.05, 4.69) is 21.2 Å². The van der Waals surface area contributed by atoms with Gasteiger partial charge in [0.25, 0.3) is 5.91 Å². The Hall–Kier alpha value is -1.59. The van der Waals surface area contributed by atoms with Crippen LogP contribution in [0.2, 0.25) is 5.02 Å². The van der Waals surface area contributed by atoms with E-state index >= 15 is 0 Å². The molecule has 0 unspecified atom stereocenters. The minimum Gasteiger partial charge on any atom is -0.496 e. The van der Waals surface area contributed by atoms with Crippen LogP contribution in [0.1, 0.15) is 15.9 Å². The van der Waals surface area contributed by atoms with Crippen LogP contribution >= 0.6 is 27.5 Å². The molecule has 0 saturated heterocycles. The molecule has 2 aromatic rings. The van der Waals surface area contributed by atoms with Crippen molar-refractivity contribution in [1.82, 2.24) is 5.32 Å². The SMILES string of the molecule is COc1cccc(Cl)c1CNC(=O)c1cccc(F)c1Br. The number of nitrogens with one attached hydrogen (secondary N) is 1. The van der Waals surface area contributed by atoms with E-state index in [1.165, 1.54) is 25.3 Å². The van der Waals surface area contributed by atoms with Gasteiger partial charge in [0.05, 0.1) is 17.1 Å². The first-order valence-corrected chi connectivity index (χ1v) is 7.25. The largest absolute Gasteiger partial charge is 0.496 e. The van der Waals surface area contributed by atoms with Gasteiger partial charge in [0.2, 0.25) is 0 Å². The van der Waals surface area contributed by atoms with Crippen LogP contribution in [0.15, 0.2) is 40.9 Å². The summed E-state index contributed by atoms with van der Waals surface area (Å²) in [7, 11) is 1.53. The number of carbonyl (C=O) groups is 1. The van der Waals surface area contributed by atoms with Crippen LogP contribution in [-0.4, -0.2) is 13.0 Å². The molecule has 0 saturated carbocycles. The summed E-state index contributed by atoms with van der Waals surface area (Å²) in [4.78, 5) is 12.1. The summed E-state index contributed by atoms with van der Waals surface area (Å²) in [6, 6.07) is 9.51. The number of methoxy groups -OCH3 is 1. The van der Waals surface area contributed by atoms with Crippen molar-refractivity contribution >= 4 is 33.4 Å². The molecule has 2 rings (SSSR count). The lowest BCUT2D eigenvalue weighted by Gasteiger charge is -2.12. The number of hydrogen-bond acceptors (Lipinski definition) is 2. The molecule has 0 aliphatic heterocycles. The molecule has 1 N–H and O–H groups in total. The molecular formula is C15H12BrClFNO2. The van der Waals surface area contributed by atoms with Crippen LogP contribution in [0.5, 0.6) is 5.75 Å². The van der Waals surface area contributed by atoms with Crippen molar-refractivity contribution in [1.29, 1.82) is 0 Å². The summed E-state index contributed by atoms with van der Waals surface area (Å²) in [5, 5.41) is 3.19. The van der Waals surface area contributed by atoms with E-state index in [-0.39, 0.29) is 16.6 Å². The number of hydrogen-bond donors (Lipinski definition) is 1. The number of amides is 1. The lowest BCUT2D eigenvalue weighted by molar-refractivity contribution is 0.0949. The van der Waals surface area contributed by atoms with Crippen molar-refractivity contribution in [3.63, 3.8) is 0 Å². The molecule has 21 heavy (non-hydrogen) atoms. The lowest BCUT2D eigenvalue weighted by atomic mass is 10.1. The van der Waals surface area contributed by atoms with Gasteiger partial charge in [-0.2, -0.15) is 0 Å². The average molecular weight is 373 g/mol. The number of carbonyl (C=O) groups excluding carboxylic acids is 1. The van der Waals surface area contributed by atoms with Crippen molar-refractivity contribution in [3.05, 3.63) is 62.8 Å². The molecule has 3 nitrogen and oxygen atoms in total. The first kappa shape index (κ1) is 15.8. The van der Waals surface area contributed by atoms with Gasteiger partial charge < -0.3 is 10.1 Å². The minimum absolute atomic E-state index is 0.133. The highest BCUT2D eigenvalue weighted by Gasteiger charge is 2.14. The minimum atomic E-state index is -0.488. The maximum atomic E-state index is 13.4. The first-order chi connectivity index (χ1) is 10.0. The Morgan fingerprint density at radius 2 is 2.05 bits per heavy atom. The van der Waals surface area contributed by atoms with Crippen molar-refractivity contribution < 1.29 is 13.9 Å². The van der Waals surface area contributed by atoms with Crippen LogP contribution in [0, 0.1) is 5.82 Å². The van der Waals surface area contributed by atoms with Gasteiger partial charge in [0, 0.05) is 17.1 Å². The fourth-order valence-corrected chi connectivity index (χ4v) is 2.52. The third kappa shape index (κ3) is 3.54. The molecule has 0 aliphatic carbocycles. The molecular weight excluding hydrogens is 361 g/mol. The molecule has 0 bridgehead atoms. The standard InChI is InChI=1S/C15H12BrClFNO2/c1-21-13-7-3-5-11(17)10(13)8-19-15(20)9-4-2-6-12(18)14(9)16/h2-7H,8H2,1H3,(H,19,20). The van der Waals surface area contributed by atoms with Crippen molar-refractivity contribution in [3.8, 4) is 5.75 Å². The van der Waals surface area contributed by atoms with E-state index in [1.54, 1.807) is 18.2 Å². The number of halogens is 3. The Labute approximate surface area is 135 Å². The third-order valence-electron chi connectivity index (χ3n) is 2.92. The van der Waals surface area contributed by atoms with E-state index in [0.717, 1.165) is 0 Å². The van der Waals surface area contributed by atoms with Gasteiger partial charge in [0.15, 0.2) is 0 Å². The van der Waals surface area contributed by atoms with Gasteiger partial charge in [-0.15, -0.1) is 0 Å². The Morgan fingerprint density at radius 1 is 1.33 bits per heavy atom.